The van der Waals surface area contributed by atoms with Crippen molar-refractivity contribution in [3.63, 3.8) is 0 Å². The van der Waals surface area contributed by atoms with E-state index in [1.807, 2.05) is 6.26 Å². The molecule has 0 bridgehead atoms. The largest absolute Gasteiger partial charge is 0.423 e. The predicted molar refractivity (Wildman–Crippen MR) is 82.6 cm³/mol. The van der Waals surface area contributed by atoms with Crippen LogP contribution in [0.25, 0.3) is 5.76 Å². The first kappa shape index (κ1) is 16.3. The van der Waals surface area contributed by atoms with Crippen molar-refractivity contribution in [2.45, 2.75) is 0 Å². The molecule has 1 aromatic carbocycles. The van der Waals surface area contributed by atoms with E-state index in [2.05, 4.69) is 0 Å². The SMILES string of the molecule is COP(O)(=S)O/C(=C/SC)c1ccc(Cl)cc1Cl. The second-order valence-corrected chi connectivity index (χ2v) is 7.50. The van der Waals surface area contributed by atoms with Gasteiger partial charge in [0.1, 0.15) is 5.76 Å². The minimum absolute atomic E-state index is 0.358. The van der Waals surface area contributed by atoms with Crippen molar-refractivity contribution in [1.82, 2.24) is 0 Å². The van der Waals surface area contributed by atoms with Crippen LogP contribution in [0.2, 0.25) is 10.0 Å². The number of benzene rings is 1. The van der Waals surface area contributed by atoms with Gasteiger partial charge in [0.25, 0.3) is 0 Å². The summed E-state index contributed by atoms with van der Waals surface area (Å²) in [4.78, 5) is 9.69. The number of hydrogen-bond donors (Lipinski definition) is 1. The fourth-order valence-electron chi connectivity index (χ4n) is 1.09. The molecule has 0 heterocycles. The summed E-state index contributed by atoms with van der Waals surface area (Å²) in [5, 5.41) is 2.61. The van der Waals surface area contributed by atoms with E-state index in [9.17, 15) is 4.89 Å². The van der Waals surface area contributed by atoms with Gasteiger partial charge in [0.2, 0.25) is 0 Å². The zero-order chi connectivity index (χ0) is 13.8. The smallest absolute Gasteiger partial charge is 0.377 e. The number of rotatable bonds is 5. The summed E-state index contributed by atoms with van der Waals surface area (Å²) in [6.07, 6.45) is 1.85. The minimum atomic E-state index is -3.30. The lowest BCUT2D eigenvalue weighted by Gasteiger charge is -2.17. The number of thioether (sulfide) groups is 1. The van der Waals surface area contributed by atoms with E-state index in [4.69, 9.17) is 44.1 Å². The van der Waals surface area contributed by atoms with Crippen molar-refractivity contribution in [3.05, 3.63) is 39.2 Å². The zero-order valence-corrected chi connectivity index (χ0v) is 13.6. The van der Waals surface area contributed by atoms with E-state index in [1.54, 1.807) is 23.6 Å². The Morgan fingerprint density at radius 1 is 1.50 bits per heavy atom. The van der Waals surface area contributed by atoms with Crippen LogP contribution in [0.1, 0.15) is 5.56 Å². The van der Waals surface area contributed by atoms with Crippen molar-refractivity contribution in [2.24, 2.45) is 0 Å². The molecule has 18 heavy (non-hydrogen) atoms. The first-order valence-corrected chi connectivity index (χ1v) is 9.29. The maximum atomic E-state index is 9.69. The Bertz CT molecular complexity index is 508. The predicted octanol–water partition coefficient (Wildman–Crippen LogP) is 4.53. The Morgan fingerprint density at radius 2 is 2.17 bits per heavy atom. The van der Waals surface area contributed by atoms with Crippen molar-refractivity contribution >= 4 is 59.2 Å². The number of hydrogen-bond acceptors (Lipinski definition) is 4. The Balaban J connectivity index is 3.14. The molecule has 0 fully saturated rings. The second-order valence-electron chi connectivity index (χ2n) is 3.08. The highest BCUT2D eigenvalue weighted by Crippen LogP contribution is 2.48. The van der Waals surface area contributed by atoms with E-state index in [0.29, 0.717) is 21.4 Å². The number of halogens is 2. The molecular formula is C10H11Cl2O3PS2. The Hall–Kier alpha value is 0.260. The minimum Gasteiger partial charge on any atom is -0.423 e. The molecule has 0 aliphatic carbocycles. The first-order valence-electron chi connectivity index (χ1n) is 4.66. The van der Waals surface area contributed by atoms with E-state index in [1.165, 1.54) is 18.9 Å². The van der Waals surface area contributed by atoms with Crippen LogP contribution < -0.4 is 0 Å². The molecule has 0 amide bonds. The molecule has 0 radical (unpaired) electrons. The maximum Gasteiger partial charge on any atom is 0.377 e. The Morgan fingerprint density at radius 3 is 2.67 bits per heavy atom. The molecule has 0 aromatic heterocycles. The summed E-state index contributed by atoms with van der Waals surface area (Å²) in [7, 11) is 1.29. The normalized spacial score (nSPS) is 15.3. The highest BCUT2D eigenvalue weighted by molar-refractivity contribution is 8.07. The van der Waals surface area contributed by atoms with Gasteiger partial charge in [-0.05, 0) is 24.5 Å². The highest BCUT2D eigenvalue weighted by atomic mass is 35.5. The van der Waals surface area contributed by atoms with Gasteiger partial charge < -0.3 is 13.9 Å². The summed E-state index contributed by atoms with van der Waals surface area (Å²) in [6, 6.07) is 4.95. The van der Waals surface area contributed by atoms with E-state index in [0.717, 1.165) is 0 Å². The van der Waals surface area contributed by atoms with Crippen LogP contribution in [-0.2, 0) is 20.9 Å². The fraction of sp³-hybridized carbons (Fsp3) is 0.200. The third-order valence-corrected chi connectivity index (χ3v) is 4.42. The lowest BCUT2D eigenvalue weighted by atomic mass is 10.2. The van der Waals surface area contributed by atoms with Crippen LogP contribution in [0.4, 0.5) is 0 Å². The van der Waals surface area contributed by atoms with Crippen LogP contribution >= 0.6 is 41.7 Å². The molecule has 0 saturated heterocycles. The molecular weight excluding hydrogens is 334 g/mol. The Labute approximate surface area is 125 Å². The van der Waals surface area contributed by atoms with E-state index < -0.39 is 6.72 Å². The molecule has 1 N–H and O–H groups in total. The van der Waals surface area contributed by atoms with Gasteiger partial charge in [0.05, 0.1) is 5.02 Å². The average molecular weight is 345 g/mol. The standard InChI is InChI=1S/C10H11Cl2O3PS2/c1-14-16(13,17)15-10(6-18-2)8-4-3-7(11)5-9(8)12/h3-6H,1-2H3,(H,13,17)/b10-6+. The molecule has 1 aromatic rings. The monoisotopic (exact) mass is 344 g/mol. The van der Waals surface area contributed by atoms with Crippen LogP contribution in [0.3, 0.4) is 0 Å². The lowest BCUT2D eigenvalue weighted by Crippen LogP contribution is -1.93. The molecule has 0 aliphatic rings. The summed E-state index contributed by atoms with van der Waals surface area (Å²) in [5.41, 5.74) is 0.593. The highest BCUT2D eigenvalue weighted by Gasteiger charge is 2.19. The van der Waals surface area contributed by atoms with Gasteiger partial charge in [0.15, 0.2) is 0 Å². The summed E-state index contributed by atoms with van der Waals surface area (Å²) >= 11 is 18.1. The van der Waals surface area contributed by atoms with Crippen LogP contribution in [0.5, 0.6) is 0 Å². The zero-order valence-electron chi connectivity index (χ0n) is 9.59. The molecule has 3 nitrogen and oxygen atoms in total. The molecule has 0 spiro atoms. The summed E-state index contributed by atoms with van der Waals surface area (Å²) in [5.74, 6) is 0.358. The second kappa shape index (κ2) is 7.15. The van der Waals surface area contributed by atoms with Gasteiger partial charge >= 0.3 is 6.72 Å². The molecule has 1 atom stereocenters. The molecule has 8 heteroatoms. The van der Waals surface area contributed by atoms with Gasteiger partial charge in [-0.2, -0.15) is 0 Å². The third kappa shape index (κ3) is 4.74. The molecule has 100 valence electrons. The lowest BCUT2D eigenvalue weighted by molar-refractivity contribution is 0.300. The molecule has 1 rings (SSSR count). The quantitative estimate of drug-likeness (QED) is 0.627. The fourth-order valence-corrected chi connectivity index (χ4v) is 2.77. The summed E-state index contributed by atoms with van der Waals surface area (Å²) < 4.78 is 10.0. The van der Waals surface area contributed by atoms with Crippen molar-refractivity contribution in [2.75, 3.05) is 13.4 Å². The average Bonchev–Trinajstić information content (AvgIpc) is 2.28. The van der Waals surface area contributed by atoms with Gasteiger partial charge in [-0.1, -0.05) is 23.2 Å². The van der Waals surface area contributed by atoms with Crippen LogP contribution in [-0.4, -0.2) is 18.3 Å². The maximum absolute atomic E-state index is 9.69. The van der Waals surface area contributed by atoms with Gasteiger partial charge in [-0.3, -0.25) is 0 Å². The summed E-state index contributed by atoms with van der Waals surface area (Å²) in [6.45, 7) is -3.30. The molecule has 0 aliphatic heterocycles. The van der Waals surface area contributed by atoms with Gasteiger partial charge in [0, 0.05) is 34.9 Å². The molecule has 1 unspecified atom stereocenters. The van der Waals surface area contributed by atoms with Gasteiger partial charge in [-0.15, -0.1) is 11.8 Å². The van der Waals surface area contributed by atoms with Crippen molar-refractivity contribution in [1.29, 1.82) is 0 Å². The molecule has 0 saturated carbocycles. The Kier molecular flexibility index (Phi) is 6.48. The topological polar surface area (TPSA) is 38.7 Å². The third-order valence-electron chi connectivity index (χ3n) is 1.87. The van der Waals surface area contributed by atoms with Crippen molar-refractivity contribution < 1.29 is 13.9 Å². The van der Waals surface area contributed by atoms with Gasteiger partial charge in [-0.25, -0.2) is 0 Å². The van der Waals surface area contributed by atoms with Crippen LogP contribution in [0.15, 0.2) is 23.6 Å². The van der Waals surface area contributed by atoms with Crippen molar-refractivity contribution in [3.8, 4) is 0 Å². The van der Waals surface area contributed by atoms with Crippen LogP contribution in [0, 0.1) is 0 Å². The van der Waals surface area contributed by atoms with E-state index >= 15 is 0 Å². The van der Waals surface area contributed by atoms with E-state index in [-0.39, 0.29) is 0 Å². The first-order chi connectivity index (χ1) is 8.39.